The SMILES string of the molecule is CC(=O)N1c2cccc(OC(F)F)c2[C@H]2C[C@@H]1c1nc3ccc(-c4cnc(C5(C)OP(=O)(O)O5)nc4)cc3n12. The molecule has 2 aromatic heterocycles. The number of hydrogen-bond acceptors (Lipinski definition) is 8. The fourth-order valence-electron chi connectivity index (χ4n) is 5.82. The highest BCUT2D eigenvalue weighted by Crippen LogP contribution is 2.64. The van der Waals surface area contributed by atoms with Gasteiger partial charge in [-0.25, -0.2) is 28.6 Å². The molecular weight excluding hydrogens is 535 g/mol. The standard InChI is InChI=1S/C25H20F2N5O6P/c1-12(33)31-16-4-3-5-20(36-24(26)27)21(16)18-9-19(31)22-30-15-7-6-13(8-17(15)32(18)22)14-10-28-23(29-11-14)25(2)37-39(34,35)38-25/h3-8,10-11,18-19,24H,9H2,1-2H3,(H,34,35)/t18-,19-/m1/s1. The monoisotopic (exact) mass is 555 g/mol. The van der Waals surface area contributed by atoms with E-state index in [0.717, 1.165) is 11.1 Å². The van der Waals surface area contributed by atoms with Gasteiger partial charge in [0.1, 0.15) is 11.6 Å². The first-order valence-corrected chi connectivity index (χ1v) is 13.5. The normalized spacial score (nSPS) is 26.9. The van der Waals surface area contributed by atoms with Crippen molar-refractivity contribution in [2.45, 2.75) is 44.8 Å². The van der Waals surface area contributed by atoms with Crippen LogP contribution in [0.3, 0.4) is 0 Å². The van der Waals surface area contributed by atoms with Crippen molar-refractivity contribution in [3.05, 3.63) is 66.0 Å². The van der Waals surface area contributed by atoms with E-state index in [1.807, 2.05) is 22.8 Å². The number of benzene rings is 2. The van der Waals surface area contributed by atoms with Crippen LogP contribution in [-0.4, -0.2) is 36.9 Å². The molecule has 7 rings (SSSR count). The summed E-state index contributed by atoms with van der Waals surface area (Å²) in [7, 11) is -4.07. The van der Waals surface area contributed by atoms with Crippen LogP contribution >= 0.6 is 7.82 Å². The van der Waals surface area contributed by atoms with Crippen LogP contribution in [0.5, 0.6) is 5.75 Å². The third kappa shape index (κ3) is 3.61. The average Bonchev–Trinajstić information content (AvgIpc) is 3.38. The van der Waals surface area contributed by atoms with Gasteiger partial charge in [0.2, 0.25) is 11.7 Å². The second-order valence-electron chi connectivity index (χ2n) is 9.66. The Morgan fingerprint density at radius 2 is 1.92 bits per heavy atom. The summed E-state index contributed by atoms with van der Waals surface area (Å²) in [4.78, 5) is 37.0. The van der Waals surface area contributed by atoms with E-state index in [2.05, 4.69) is 9.97 Å². The number of alkyl halides is 2. The van der Waals surface area contributed by atoms with E-state index in [-0.39, 0.29) is 29.6 Å². The summed E-state index contributed by atoms with van der Waals surface area (Å²) in [5.41, 5.74) is 3.88. The van der Waals surface area contributed by atoms with Gasteiger partial charge in [-0.05, 0) is 36.8 Å². The molecule has 2 aromatic carbocycles. The van der Waals surface area contributed by atoms with Crippen molar-refractivity contribution < 1.29 is 36.8 Å². The Hall–Kier alpha value is -3.77. The van der Waals surface area contributed by atoms with Crippen molar-refractivity contribution in [3.8, 4) is 16.9 Å². The van der Waals surface area contributed by atoms with E-state index in [4.69, 9.17) is 18.8 Å². The van der Waals surface area contributed by atoms with Crippen LogP contribution in [0.25, 0.3) is 22.2 Å². The van der Waals surface area contributed by atoms with Crippen molar-refractivity contribution in [2.75, 3.05) is 4.90 Å². The van der Waals surface area contributed by atoms with Gasteiger partial charge in [0.05, 0.1) is 28.8 Å². The van der Waals surface area contributed by atoms with Gasteiger partial charge >= 0.3 is 14.4 Å². The number of halogens is 2. The van der Waals surface area contributed by atoms with E-state index in [1.54, 1.807) is 29.4 Å². The van der Waals surface area contributed by atoms with Crippen molar-refractivity contribution in [1.82, 2.24) is 19.5 Å². The Morgan fingerprint density at radius 1 is 1.18 bits per heavy atom. The Kier molecular flexibility index (Phi) is 5.06. The molecule has 39 heavy (non-hydrogen) atoms. The lowest BCUT2D eigenvalue weighted by atomic mass is 9.93. The third-order valence-corrected chi connectivity index (χ3v) is 8.40. The highest BCUT2D eigenvalue weighted by molar-refractivity contribution is 7.48. The highest BCUT2D eigenvalue weighted by atomic mass is 31.2. The maximum absolute atomic E-state index is 13.3. The largest absolute Gasteiger partial charge is 0.478 e. The van der Waals surface area contributed by atoms with Gasteiger partial charge in [0.25, 0.3) is 0 Å². The molecule has 0 saturated carbocycles. The average molecular weight is 555 g/mol. The second kappa shape index (κ2) is 8.12. The van der Waals surface area contributed by atoms with Crippen molar-refractivity contribution in [3.63, 3.8) is 0 Å². The molecule has 0 spiro atoms. The summed E-state index contributed by atoms with van der Waals surface area (Å²) in [6, 6.07) is 9.68. The molecule has 1 N–H and O–H groups in total. The smallest absolute Gasteiger partial charge is 0.434 e. The summed E-state index contributed by atoms with van der Waals surface area (Å²) in [6.45, 7) is -0.128. The predicted octanol–water partition coefficient (Wildman–Crippen LogP) is 4.82. The number of phosphoric ester groups is 1. The van der Waals surface area contributed by atoms with E-state index in [0.29, 0.717) is 34.6 Å². The number of hydrogen-bond donors (Lipinski definition) is 1. The molecule has 5 heterocycles. The molecular formula is C25H20F2N5O6P. The molecule has 1 fully saturated rings. The predicted molar refractivity (Wildman–Crippen MR) is 132 cm³/mol. The molecule has 3 aliphatic heterocycles. The summed E-state index contributed by atoms with van der Waals surface area (Å²) in [5, 5.41) is 0. The number of aromatic nitrogens is 4. The zero-order valence-corrected chi connectivity index (χ0v) is 21.4. The van der Waals surface area contributed by atoms with E-state index in [1.165, 1.54) is 19.9 Å². The van der Waals surface area contributed by atoms with Crippen LogP contribution in [0, 0.1) is 0 Å². The lowest BCUT2D eigenvalue weighted by Gasteiger charge is -2.38. The number of imidazole rings is 1. The number of nitrogens with zero attached hydrogens (tertiary/aromatic N) is 5. The fraction of sp³-hybridized carbons (Fsp3) is 0.280. The minimum atomic E-state index is -4.07. The quantitative estimate of drug-likeness (QED) is 0.353. The maximum Gasteiger partial charge on any atom is 0.478 e. The Balaban J connectivity index is 1.32. The highest BCUT2D eigenvalue weighted by Gasteiger charge is 2.55. The number of fused-ring (bicyclic) bond motifs is 9. The van der Waals surface area contributed by atoms with Crippen LogP contribution in [0.1, 0.15) is 49.6 Å². The summed E-state index contributed by atoms with van der Waals surface area (Å²) >= 11 is 0. The molecule has 0 unspecified atom stereocenters. The summed E-state index contributed by atoms with van der Waals surface area (Å²) < 4.78 is 54.8. The molecule has 200 valence electrons. The molecule has 14 heteroatoms. The molecule has 1 amide bonds. The van der Waals surface area contributed by atoms with Gasteiger partial charge in [-0.15, -0.1) is 0 Å². The number of anilines is 1. The molecule has 11 nitrogen and oxygen atoms in total. The van der Waals surface area contributed by atoms with Gasteiger partial charge in [0.15, 0.2) is 5.82 Å². The zero-order chi connectivity index (χ0) is 27.3. The molecule has 3 aliphatic rings. The van der Waals surface area contributed by atoms with Gasteiger partial charge < -0.3 is 19.1 Å². The second-order valence-corrected chi connectivity index (χ2v) is 11.0. The lowest BCUT2D eigenvalue weighted by Crippen LogP contribution is -2.38. The molecule has 0 radical (unpaired) electrons. The molecule has 2 bridgehead atoms. The third-order valence-electron chi connectivity index (χ3n) is 7.25. The minimum absolute atomic E-state index is 0.0217. The van der Waals surface area contributed by atoms with Crippen LogP contribution in [0.4, 0.5) is 14.5 Å². The van der Waals surface area contributed by atoms with Gasteiger partial charge in [-0.3, -0.25) is 4.79 Å². The Morgan fingerprint density at radius 3 is 2.59 bits per heavy atom. The number of phosphoric acid groups is 1. The molecule has 1 saturated heterocycles. The van der Waals surface area contributed by atoms with E-state index < -0.39 is 20.2 Å². The van der Waals surface area contributed by atoms with Crippen LogP contribution in [-0.2, 0) is 24.2 Å². The van der Waals surface area contributed by atoms with Gasteiger partial charge in [-0.1, -0.05) is 12.1 Å². The number of ether oxygens (including phenoxy) is 1. The molecule has 2 atom stereocenters. The van der Waals surface area contributed by atoms with Crippen LogP contribution < -0.4 is 9.64 Å². The number of carbonyl (C=O) groups is 1. The maximum atomic E-state index is 13.3. The number of carbonyl (C=O) groups excluding carboxylic acids is 1. The van der Waals surface area contributed by atoms with E-state index in [9.17, 15) is 23.0 Å². The van der Waals surface area contributed by atoms with E-state index >= 15 is 0 Å². The zero-order valence-electron chi connectivity index (χ0n) is 20.5. The van der Waals surface area contributed by atoms with Crippen molar-refractivity contribution in [1.29, 1.82) is 0 Å². The summed E-state index contributed by atoms with van der Waals surface area (Å²) in [6.07, 6.45) is 3.57. The fourth-order valence-corrected chi connectivity index (χ4v) is 6.87. The number of rotatable bonds is 4. The summed E-state index contributed by atoms with van der Waals surface area (Å²) in [5.74, 6) is -0.954. The van der Waals surface area contributed by atoms with Crippen molar-refractivity contribution >= 4 is 30.5 Å². The molecule has 0 aliphatic carbocycles. The Labute approximate surface area is 219 Å². The molecule has 4 aromatic rings. The Bertz CT molecular complexity index is 1720. The first-order valence-electron chi connectivity index (χ1n) is 12.0. The lowest BCUT2D eigenvalue weighted by molar-refractivity contribution is -0.217. The topological polar surface area (TPSA) is 129 Å². The van der Waals surface area contributed by atoms with Crippen molar-refractivity contribution in [2.24, 2.45) is 0 Å². The van der Waals surface area contributed by atoms with Crippen LogP contribution in [0.2, 0.25) is 0 Å². The minimum Gasteiger partial charge on any atom is -0.434 e. The van der Waals surface area contributed by atoms with Crippen LogP contribution in [0.15, 0.2) is 48.8 Å². The van der Waals surface area contributed by atoms with Gasteiger partial charge in [-0.2, -0.15) is 8.78 Å². The van der Waals surface area contributed by atoms with Gasteiger partial charge in [0, 0.05) is 36.9 Å². The first-order chi connectivity index (χ1) is 18.5. The first kappa shape index (κ1) is 24.3. The number of amides is 1.